The standard InChI is InChI=1S/C21H24N2O4/c1-3-13(2)19(20(24)23-26)22-21(25)27-12-18-16-10-6-4-8-14(16)15-9-5-7-11-17(15)18/h4-11,13,18-19,26H,3,12H2,1-2H3,(H,22,25)(H,23,24)/t13?,19-/m0/s1. The average molecular weight is 368 g/mol. The number of amides is 2. The number of hydroxylamine groups is 1. The van der Waals surface area contributed by atoms with Gasteiger partial charge in [0.1, 0.15) is 12.6 Å². The topological polar surface area (TPSA) is 87.7 Å². The van der Waals surface area contributed by atoms with Crippen molar-refractivity contribution in [3.05, 3.63) is 59.7 Å². The third-order valence-electron chi connectivity index (χ3n) is 5.22. The molecule has 3 N–H and O–H groups in total. The molecule has 27 heavy (non-hydrogen) atoms. The normalized spacial score (nSPS) is 14.6. The van der Waals surface area contributed by atoms with Crippen molar-refractivity contribution in [2.24, 2.45) is 5.92 Å². The Morgan fingerprint density at radius 2 is 1.63 bits per heavy atom. The first-order valence-electron chi connectivity index (χ1n) is 9.12. The molecule has 0 saturated carbocycles. The zero-order valence-corrected chi connectivity index (χ0v) is 15.4. The summed E-state index contributed by atoms with van der Waals surface area (Å²) in [5, 5.41) is 11.4. The second-order valence-corrected chi connectivity index (χ2v) is 6.81. The van der Waals surface area contributed by atoms with Crippen LogP contribution in [0.1, 0.15) is 37.3 Å². The Hall–Kier alpha value is -2.86. The minimum atomic E-state index is -0.851. The van der Waals surface area contributed by atoms with Gasteiger partial charge in [0.2, 0.25) is 0 Å². The summed E-state index contributed by atoms with van der Waals surface area (Å²) in [6, 6.07) is 15.3. The molecule has 0 fully saturated rings. The lowest BCUT2D eigenvalue weighted by Gasteiger charge is -2.22. The molecule has 0 radical (unpaired) electrons. The number of hydrogen-bond donors (Lipinski definition) is 3. The fourth-order valence-corrected chi connectivity index (χ4v) is 3.54. The van der Waals surface area contributed by atoms with Crippen LogP contribution in [0.25, 0.3) is 11.1 Å². The molecule has 1 aliphatic carbocycles. The highest BCUT2D eigenvalue weighted by Crippen LogP contribution is 2.44. The molecule has 0 bridgehead atoms. The van der Waals surface area contributed by atoms with E-state index in [1.54, 1.807) is 5.48 Å². The van der Waals surface area contributed by atoms with Crippen LogP contribution in [0.15, 0.2) is 48.5 Å². The molecule has 0 spiro atoms. The van der Waals surface area contributed by atoms with Crippen molar-refractivity contribution < 1.29 is 19.5 Å². The Bertz CT molecular complexity index is 791. The molecule has 0 aromatic heterocycles. The summed E-state index contributed by atoms with van der Waals surface area (Å²) in [5.41, 5.74) is 6.15. The molecule has 6 heteroatoms. The largest absolute Gasteiger partial charge is 0.449 e. The van der Waals surface area contributed by atoms with E-state index >= 15 is 0 Å². The minimum absolute atomic E-state index is 0.0446. The van der Waals surface area contributed by atoms with Crippen molar-refractivity contribution in [1.82, 2.24) is 10.8 Å². The van der Waals surface area contributed by atoms with Crippen molar-refractivity contribution >= 4 is 12.0 Å². The van der Waals surface area contributed by atoms with Gasteiger partial charge >= 0.3 is 6.09 Å². The minimum Gasteiger partial charge on any atom is -0.449 e. The third kappa shape index (κ3) is 3.80. The van der Waals surface area contributed by atoms with Gasteiger partial charge in [-0.3, -0.25) is 10.0 Å². The molecular formula is C21H24N2O4. The Morgan fingerprint density at radius 3 is 2.15 bits per heavy atom. The van der Waals surface area contributed by atoms with Crippen molar-refractivity contribution in [2.45, 2.75) is 32.2 Å². The van der Waals surface area contributed by atoms with E-state index in [9.17, 15) is 9.59 Å². The number of hydrogen-bond acceptors (Lipinski definition) is 4. The summed E-state index contributed by atoms with van der Waals surface area (Å²) in [4.78, 5) is 24.1. The molecule has 2 amide bonds. The summed E-state index contributed by atoms with van der Waals surface area (Å²) in [6.45, 7) is 3.90. The Balaban J connectivity index is 1.71. The first-order chi connectivity index (χ1) is 13.1. The fraction of sp³-hybridized carbons (Fsp3) is 0.333. The maximum atomic E-state index is 12.3. The summed E-state index contributed by atoms with van der Waals surface area (Å²) < 4.78 is 5.45. The van der Waals surface area contributed by atoms with Crippen LogP contribution >= 0.6 is 0 Å². The maximum Gasteiger partial charge on any atom is 0.407 e. The number of nitrogens with one attached hydrogen (secondary N) is 2. The number of rotatable bonds is 6. The van der Waals surface area contributed by atoms with E-state index in [0.29, 0.717) is 6.42 Å². The lowest BCUT2D eigenvalue weighted by molar-refractivity contribution is -0.132. The summed E-state index contributed by atoms with van der Waals surface area (Å²) in [6.07, 6.45) is -0.00682. The first kappa shape index (κ1) is 18.9. The van der Waals surface area contributed by atoms with E-state index in [2.05, 4.69) is 17.4 Å². The van der Waals surface area contributed by atoms with Crippen LogP contribution in [0.5, 0.6) is 0 Å². The number of fused-ring (bicyclic) bond motifs is 3. The number of carbonyl (C=O) groups is 2. The fourth-order valence-electron chi connectivity index (χ4n) is 3.54. The Morgan fingerprint density at radius 1 is 1.07 bits per heavy atom. The van der Waals surface area contributed by atoms with Gasteiger partial charge in [-0.15, -0.1) is 0 Å². The van der Waals surface area contributed by atoms with E-state index in [0.717, 1.165) is 22.3 Å². The van der Waals surface area contributed by atoms with E-state index in [-0.39, 0.29) is 18.4 Å². The van der Waals surface area contributed by atoms with Crippen molar-refractivity contribution in [3.63, 3.8) is 0 Å². The maximum absolute atomic E-state index is 12.3. The van der Waals surface area contributed by atoms with Crippen LogP contribution in [-0.2, 0) is 9.53 Å². The molecule has 0 aliphatic heterocycles. The van der Waals surface area contributed by atoms with Crippen LogP contribution in [0.4, 0.5) is 4.79 Å². The predicted octanol–water partition coefficient (Wildman–Crippen LogP) is 3.45. The van der Waals surface area contributed by atoms with Gasteiger partial charge in [-0.2, -0.15) is 0 Å². The average Bonchev–Trinajstić information content (AvgIpc) is 3.03. The Kier molecular flexibility index (Phi) is 5.76. The molecular weight excluding hydrogens is 344 g/mol. The number of benzene rings is 2. The molecule has 6 nitrogen and oxygen atoms in total. The summed E-state index contributed by atoms with van der Waals surface area (Å²) in [5.74, 6) is -0.840. The van der Waals surface area contributed by atoms with Gasteiger partial charge in [0.25, 0.3) is 5.91 Å². The smallest absolute Gasteiger partial charge is 0.407 e. The van der Waals surface area contributed by atoms with Gasteiger partial charge in [0.15, 0.2) is 0 Å². The van der Waals surface area contributed by atoms with E-state index in [1.807, 2.05) is 50.2 Å². The quantitative estimate of drug-likeness (QED) is 0.538. The summed E-state index contributed by atoms with van der Waals surface area (Å²) >= 11 is 0. The van der Waals surface area contributed by atoms with E-state index in [1.165, 1.54) is 0 Å². The van der Waals surface area contributed by atoms with Gasteiger partial charge in [0.05, 0.1) is 0 Å². The molecule has 0 saturated heterocycles. The molecule has 1 aliphatic rings. The van der Waals surface area contributed by atoms with Crippen molar-refractivity contribution in [3.8, 4) is 11.1 Å². The van der Waals surface area contributed by atoms with Gasteiger partial charge in [-0.05, 0) is 28.2 Å². The van der Waals surface area contributed by atoms with E-state index < -0.39 is 18.0 Å². The zero-order chi connectivity index (χ0) is 19.4. The van der Waals surface area contributed by atoms with Crippen LogP contribution in [-0.4, -0.2) is 29.9 Å². The molecule has 2 aromatic carbocycles. The van der Waals surface area contributed by atoms with Crippen LogP contribution < -0.4 is 10.8 Å². The third-order valence-corrected chi connectivity index (χ3v) is 5.22. The molecule has 0 heterocycles. The van der Waals surface area contributed by atoms with Crippen molar-refractivity contribution in [2.75, 3.05) is 6.61 Å². The SMILES string of the molecule is CCC(C)[C@H](NC(=O)OCC1c2ccccc2-c2ccccc21)C(=O)NO. The van der Waals surface area contributed by atoms with Crippen LogP contribution in [0.3, 0.4) is 0 Å². The highest BCUT2D eigenvalue weighted by Gasteiger charge is 2.30. The predicted molar refractivity (Wildman–Crippen MR) is 101 cm³/mol. The monoisotopic (exact) mass is 368 g/mol. The molecule has 1 unspecified atom stereocenters. The van der Waals surface area contributed by atoms with Crippen LogP contribution in [0.2, 0.25) is 0 Å². The highest BCUT2D eigenvalue weighted by atomic mass is 16.5. The number of ether oxygens (including phenoxy) is 1. The lowest BCUT2D eigenvalue weighted by atomic mass is 9.98. The first-order valence-corrected chi connectivity index (χ1v) is 9.12. The second-order valence-electron chi connectivity index (χ2n) is 6.81. The molecule has 2 atom stereocenters. The zero-order valence-electron chi connectivity index (χ0n) is 15.4. The van der Waals surface area contributed by atoms with Gasteiger partial charge in [-0.25, -0.2) is 10.3 Å². The summed E-state index contributed by atoms with van der Waals surface area (Å²) in [7, 11) is 0. The Labute approximate surface area is 158 Å². The molecule has 2 aromatic rings. The second kappa shape index (κ2) is 8.22. The highest BCUT2D eigenvalue weighted by molar-refractivity contribution is 5.85. The van der Waals surface area contributed by atoms with Gasteiger partial charge < -0.3 is 10.1 Å². The van der Waals surface area contributed by atoms with Gasteiger partial charge in [-0.1, -0.05) is 68.8 Å². The number of alkyl carbamates (subject to hydrolysis) is 1. The van der Waals surface area contributed by atoms with Crippen LogP contribution in [0, 0.1) is 5.92 Å². The lowest BCUT2D eigenvalue weighted by Crippen LogP contribution is -2.49. The number of carbonyl (C=O) groups excluding carboxylic acids is 2. The van der Waals surface area contributed by atoms with Crippen molar-refractivity contribution in [1.29, 1.82) is 0 Å². The molecule has 3 rings (SSSR count). The van der Waals surface area contributed by atoms with Gasteiger partial charge in [0, 0.05) is 5.92 Å². The van der Waals surface area contributed by atoms with E-state index in [4.69, 9.17) is 9.94 Å². The molecule has 142 valence electrons.